The molecule has 128 valence electrons. The molecule has 5 nitrogen and oxygen atoms in total. The Bertz CT molecular complexity index is 643. The number of amides is 2. The van der Waals surface area contributed by atoms with E-state index in [9.17, 15) is 9.90 Å². The van der Waals surface area contributed by atoms with Gasteiger partial charge in [0.15, 0.2) is 0 Å². The highest BCUT2D eigenvalue weighted by Gasteiger charge is 2.25. The predicted molar refractivity (Wildman–Crippen MR) is 95.2 cm³/mol. The molecule has 6 heteroatoms. The van der Waals surface area contributed by atoms with Crippen molar-refractivity contribution in [2.75, 3.05) is 18.5 Å². The molecule has 1 fully saturated rings. The molecule has 1 saturated heterocycles. The molecule has 2 aromatic rings. The van der Waals surface area contributed by atoms with Crippen molar-refractivity contribution in [1.82, 2.24) is 4.90 Å². The number of likely N-dealkylation sites (tertiary alicyclic amines) is 1. The van der Waals surface area contributed by atoms with Crippen LogP contribution in [0.1, 0.15) is 25.0 Å². The standard InChI is InChI=1S/C18H22N2O3S/c21-12-15-4-1-2-10-20(15)18(22)19-14-6-8-17(9-7-14)24-13-16-5-3-11-23-16/h3,5-9,11,15,21H,1-2,4,10,12-13H2,(H,19,22)/t15-/m1/s1. The third-order valence-electron chi connectivity index (χ3n) is 4.17. The third kappa shape index (κ3) is 4.33. The Labute approximate surface area is 146 Å². The van der Waals surface area contributed by atoms with Crippen LogP contribution in [0, 0.1) is 0 Å². The topological polar surface area (TPSA) is 65.7 Å². The first-order chi connectivity index (χ1) is 11.8. The summed E-state index contributed by atoms with van der Waals surface area (Å²) in [6.07, 6.45) is 4.60. The number of urea groups is 1. The summed E-state index contributed by atoms with van der Waals surface area (Å²) < 4.78 is 5.32. The zero-order chi connectivity index (χ0) is 16.8. The molecule has 0 radical (unpaired) electrons. The number of furan rings is 1. The van der Waals surface area contributed by atoms with Gasteiger partial charge in [-0.25, -0.2) is 4.79 Å². The van der Waals surface area contributed by atoms with Gasteiger partial charge >= 0.3 is 6.03 Å². The van der Waals surface area contributed by atoms with Crippen LogP contribution in [0.3, 0.4) is 0 Å². The Kier molecular flexibility index (Phi) is 5.82. The highest BCUT2D eigenvalue weighted by atomic mass is 32.2. The van der Waals surface area contributed by atoms with Gasteiger partial charge in [-0.2, -0.15) is 0 Å². The Morgan fingerprint density at radius 1 is 1.29 bits per heavy atom. The Hall–Kier alpha value is -1.92. The normalized spacial score (nSPS) is 17.7. The number of benzene rings is 1. The summed E-state index contributed by atoms with van der Waals surface area (Å²) in [5.41, 5.74) is 0.768. The average Bonchev–Trinajstić information content (AvgIpc) is 3.14. The molecule has 1 atom stereocenters. The fourth-order valence-corrected chi connectivity index (χ4v) is 3.64. The lowest BCUT2D eigenvalue weighted by atomic mass is 10.0. The third-order valence-corrected chi connectivity index (χ3v) is 5.20. The van der Waals surface area contributed by atoms with Crippen LogP contribution in [-0.4, -0.2) is 35.2 Å². The van der Waals surface area contributed by atoms with Crippen molar-refractivity contribution in [3.63, 3.8) is 0 Å². The lowest BCUT2D eigenvalue weighted by Gasteiger charge is -2.34. The number of hydrogen-bond donors (Lipinski definition) is 2. The van der Waals surface area contributed by atoms with E-state index in [0.717, 1.165) is 41.4 Å². The number of aliphatic hydroxyl groups is 1. The average molecular weight is 346 g/mol. The molecule has 0 spiro atoms. The molecule has 24 heavy (non-hydrogen) atoms. The van der Waals surface area contributed by atoms with Crippen molar-refractivity contribution in [3.8, 4) is 0 Å². The second-order valence-corrected chi connectivity index (χ2v) is 6.90. The van der Waals surface area contributed by atoms with Crippen molar-refractivity contribution in [3.05, 3.63) is 48.4 Å². The maximum Gasteiger partial charge on any atom is 0.322 e. The summed E-state index contributed by atoms with van der Waals surface area (Å²) in [6, 6.07) is 11.4. The minimum atomic E-state index is -0.135. The van der Waals surface area contributed by atoms with Crippen LogP contribution >= 0.6 is 11.8 Å². The van der Waals surface area contributed by atoms with Crippen LogP contribution in [0.25, 0.3) is 0 Å². The molecule has 1 aliphatic heterocycles. The number of aliphatic hydroxyl groups excluding tert-OH is 1. The van der Waals surface area contributed by atoms with Gasteiger partial charge in [0.25, 0.3) is 0 Å². The highest BCUT2D eigenvalue weighted by molar-refractivity contribution is 7.98. The Balaban J connectivity index is 1.54. The summed E-state index contributed by atoms with van der Waals surface area (Å²) in [7, 11) is 0. The fraction of sp³-hybridized carbons (Fsp3) is 0.389. The highest BCUT2D eigenvalue weighted by Crippen LogP contribution is 2.25. The number of nitrogens with one attached hydrogen (secondary N) is 1. The van der Waals surface area contributed by atoms with E-state index < -0.39 is 0 Å². The first-order valence-corrected chi connectivity index (χ1v) is 9.18. The number of hydrogen-bond acceptors (Lipinski definition) is 4. The SMILES string of the molecule is O=C(Nc1ccc(SCc2ccco2)cc1)N1CCCC[C@@H]1CO. The maximum atomic E-state index is 12.4. The lowest BCUT2D eigenvalue weighted by Crippen LogP contribution is -2.47. The predicted octanol–water partition coefficient (Wildman–Crippen LogP) is 3.95. The molecule has 1 aromatic carbocycles. The first kappa shape index (κ1) is 16.9. The van der Waals surface area contributed by atoms with Crippen LogP contribution in [0.5, 0.6) is 0 Å². The molecule has 0 aliphatic carbocycles. The number of anilines is 1. The summed E-state index contributed by atoms with van der Waals surface area (Å²) in [5.74, 6) is 1.72. The molecule has 0 saturated carbocycles. The van der Waals surface area contributed by atoms with Crippen LogP contribution in [0.2, 0.25) is 0 Å². The zero-order valence-electron chi connectivity index (χ0n) is 13.5. The molecule has 1 aliphatic rings. The van der Waals surface area contributed by atoms with Gasteiger partial charge in [0.2, 0.25) is 0 Å². The van der Waals surface area contributed by atoms with E-state index in [1.807, 2.05) is 36.4 Å². The van der Waals surface area contributed by atoms with Gasteiger partial charge in [0.1, 0.15) is 5.76 Å². The van der Waals surface area contributed by atoms with Crippen LogP contribution < -0.4 is 5.32 Å². The van der Waals surface area contributed by atoms with Crippen LogP contribution in [-0.2, 0) is 5.75 Å². The second kappa shape index (κ2) is 8.26. The minimum absolute atomic E-state index is 0.0236. The van der Waals surface area contributed by atoms with E-state index in [2.05, 4.69) is 5.32 Å². The number of carbonyl (C=O) groups is 1. The first-order valence-electron chi connectivity index (χ1n) is 8.20. The van der Waals surface area contributed by atoms with E-state index >= 15 is 0 Å². The molecule has 3 rings (SSSR count). The molecule has 1 aromatic heterocycles. The van der Waals surface area contributed by atoms with Gasteiger partial charge in [-0.3, -0.25) is 0 Å². The van der Waals surface area contributed by atoms with Crippen LogP contribution in [0.15, 0.2) is 52.0 Å². The minimum Gasteiger partial charge on any atom is -0.468 e. The Morgan fingerprint density at radius 3 is 2.83 bits per heavy atom. The van der Waals surface area contributed by atoms with E-state index in [1.165, 1.54) is 0 Å². The number of carbonyl (C=O) groups excluding carboxylic acids is 1. The quantitative estimate of drug-likeness (QED) is 0.805. The molecule has 2 heterocycles. The van der Waals surface area contributed by atoms with Crippen LogP contribution in [0.4, 0.5) is 10.5 Å². The largest absolute Gasteiger partial charge is 0.468 e. The van der Waals surface area contributed by atoms with E-state index in [0.29, 0.717) is 6.54 Å². The second-order valence-electron chi connectivity index (χ2n) is 5.85. The van der Waals surface area contributed by atoms with Gasteiger partial charge in [0, 0.05) is 17.1 Å². The number of nitrogens with zero attached hydrogens (tertiary/aromatic N) is 1. The molecule has 0 bridgehead atoms. The smallest absolute Gasteiger partial charge is 0.322 e. The summed E-state index contributed by atoms with van der Waals surface area (Å²) in [6.45, 7) is 0.726. The molecule has 0 unspecified atom stereocenters. The van der Waals surface area contributed by atoms with Gasteiger partial charge in [-0.05, 0) is 55.7 Å². The molecular formula is C18H22N2O3S. The molecular weight excluding hydrogens is 324 g/mol. The van der Waals surface area contributed by atoms with Gasteiger partial charge < -0.3 is 19.7 Å². The van der Waals surface area contributed by atoms with Crippen molar-refractivity contribution in [1.29, 1.82) is 0 Å². The molecule has 2 amide bonds. The molecule has 2 N–H and O–H groups in total. The van der Waals surface area contributed by atoms with Crippen molar-refractivity contribution in [2.45, 2.75) is 36.0 Å². The van der Waals surface area contributed by atoms with Gasteiger partial charge in [-0.15, -0.1) is 11.8 Å². The van der Waals surface area contributed by atoms with E-state index in [-0.39, 0.29) is 18.7 Å². The van der Waals surface area contributed by atoms with Crippen molar-refractivity contribution in [2.24, 2.45) is 0 Å². The summed E-state index contributed by atoms with van der Waals surface area (Å²) in [4.78, 5) is 15.2. The Morgan fingerprint density at radius 2 is 2.12 bits per heavy atom. The van der Waals surface area contributed by atoms with Gasteiger partial charge in [0.05, 0.1) is 24.7 Å². The number of thioether (sulfide) groups is 1. The van der Waals surface area contributed by atoms with Gasteiger partial charge in [-0.1, -0.05) is 0 Å². The fourth-order valence-electron chi connectivity index (χ4n) is 2.84. The monoisotopic (exact) mass is 346 g/mol. The number of rotatable bonds is 5. The number of piperidine rings is 1. The van der Waals surface area contributed by atoms with E-state index in [4.69, 9.17) is 4.42 Å². The van der Waals surface area contributed by atoms with Crippen molar-refractivity contribution < 1.29 is 14.3 Å². The maximum absolute atomic E-state index is 12.4. The summed E-state index contributed by atoms with van der Waals surface area (Å²) >= 11 is 1.69. The zero-order valence-corrected chi connectivity index (χ0v) is 14.3. The van der Waals surface area contributed by atoms with Crippen molar-refractivity contribution >= 4 is 23.5 Å². The van der Waals surface area contributed by atoms with E-state index in [1.54, 1.807) is 22.9 Å². The summed E-state index contributed by atoms with van der Waals surface area (Å²) in [5, 5.41) is 12.3. The lowest BCUT2D eigenvalue weighted by molar-refractivity contribution is 0.115.